The van der Waals surface area contributed by atoms with Crippen LogP contribution in [0.3, 0.4) is 0 Å². The summed E-state index contributed by atoms with van der Waals surface area (Å²) in [6, 6.07) is 0.474. The fourth-order valence-corrected chi connectivity index (χ4v) is 3.02. The van der Waals surface area contributed by atoms with Crippen molar-refractivity contribution in [3.8, 4) is 0 Å². The largest absolute Gasteiger partial charge is 0.416 e. The first kappa shape index (κ1) is 17.1. The molecule has 1 aliphatic carbocycles. The Balaban J connectivity index is 2.44. The van der Waals surface area contributed by atoms with Gasteiger partial charge in [-0.25, -0.2) is 0 Å². The maximum absolute atomic E-state index is 13.1. The molecule has 0 spiro atoms. The van der Waals surface area contributed by atoms with E-state index in [1.165, 1.54) is 0 Å². The molecule has 0 radical (unpaired) electrons. The maximum Gasteiger partial charge on any atom is 0.416 e. The van der Waals surface area contributed by atoms with Crippen molar-refractivity contribution in [1.82, 2.24) is 0 Å². The molecule has 0 bridgehead atoms. The van der Waals surface area contributed by atoms with Crippen LogP contribution in [0, 0.1) is 5.92 Å². The van der Waals surface area contributed by atoms with Crippen molar-refractivity contribution in [3.05, 3.63) is 34.9 Å². The number of halogens is 6. The molecule has 1 aromatic rings. The Morgan fingerprint density at radius 2 is 1.50 bits per heavy atom. The van der Waals surface area contributed by atoms with Crippen molar-refractivity contribution in [2.75, 3.05) is 0 Å². The molecular weight excluding hydrogens is 308 g/mol. The van der Waals surface area contributed by atoms with Crippen LogP contribution in [-0.2, 0) is 12.4 Å². The number of alkyl halides is 6. The molecule has 1 aromatic carbocycles. The number of benzene rings is 1. The molecule has 1 atom stereocenters. The zero-order chi connectivity index (χ0) is 16.5. The van der Waals surface area contributed by atoms with Crippen LogP contribution in [0.5, 0.6) is 0 Å². The Morgan fingerprint density at radius 3 is 2.00 bits per heavy atom. The molecule has 7 heteroatoms. The number of hydrogen-bond donors (Lipinski definition) is 1. The predicted octanol–water partition coefficient (Wildman–Crippen LogP) is 5.30. The van der Waals surface area contributed by atoms with Crippen LogP contribution in [0.1, 0.15) is 54.8 Å². The molecule has 1 saturated carbocycles. The van der Waals surface area contributed by atoms with E-state index in [2.05, 4.69) is 0 Å². The highest BCUT2D eigenvalue weighted by Crippen LogP contribution is 2.42. The minimum absolute atomic E-state index is 0.210. The van der Waals surface area contributed by atoms with Gasteiger partial charge >= 0.3 is 12.4 Å². The van der Waals surface area contributed by atoms with Gasteiger partial charge in [-0.2, -0.15) is 26.3 Å². The van der Waals surface area contributed by atoms with E-state index in [1.807, 2.05) is 0 Å². The first-order valence-electron chi connectivity index (χ1n) is 7.14. The minimum atomic E-state index is -4.72. The molecule has 22 heavy (non-hydrogen) atoms. The Hall–Kier alpha value is -1.24. The predicted molar refractivity (Wildman–Crippen MR) is 69.9 cm³/mol. The van der Waals surface area contributed by atoms with Gasteiger partial charge in [0.2, 0.25) is 0 Å². The highest BCUT2D eigenvalue weighted by Gasteiger charge is 2.39. The van der Waals surface area contributed by atoms with E-state index in [9.17, 15) is 26.3 Å². The van der Waals surface area contributed by atoms with E-state index >= 15 is 0 Å². The van der Waals surface area contributed by atoms with E-state index in [0.717, 1.165) is 19.3 Å². The van der Waals surface area contributed by atoms with E-state index < -0.39 is 35.1 Å². The van der Waals surface area contributed by atoms with Crippen LogP contribution in [0.4, 0.5) is 26.3 Å². The highest BCUT2D eigenvalue weighted by atomic mass is 19.4. The van der Waals surface area contributed by atoms with Crippen LogP contribution in [0.25, 0.3) is 0 Å². The Bertz CT molecular complexity index is 514. The van der Waals surface area contributed by atoms with Crippen LogP contribution in [0.2, 0.25) is 0 Å². The molecule has 1 nitrogen and oxygen atoms in total. The minimum Gasteiger partial charge on any atom is -0.324 e. The average molecular weight is 325 g/mol. The fourth-order valence-electron chi connectivity index (χ4n) is 3.02. The van der Waals surface area contributed by atoms with Gasteiger partial charge in [0.1, 0.15) is 0 Å². The Labute approximate surface area is 124 Å². The highest BCUT2D eigenvalue weighted by molar-refractivity contribution is 5.37. The lowest BCUT2D eigenvalue weighted by Crippen LogP contribution is -2.27. The maximum atomic E-state index is 13.1. The lowest BCUT2D eigenvalue weighted by atomic mass is 9.80. The summed E-state index contributed by atoms with van der Waals surface area (Å²) in [5.41, 5.74) is 3.30. The summed E-state index contributed by atoms with van der Waals surface area (Å²) in [4.78, 5) is 0. The van der Waals surface area contributed by atoms with Crippen LogP contribution < -0.4 is 5.73 Å². The van der Waals surface area contributed by atoms with Gasteiger partial charge < -0.3 is 5.73 Å². The lowest BCUT2D eigenvalue weighted by molar-refractivity contribution is -0.142. The molecule has 0 saturated heterocycles. The van der Waals surface area contributed by atoms with Gasteiger partial charge in [0.25, 0.3) is 0 Å². The zero-order valence-electron chi connectivity index (χ0n) is 11.8. The van der Waals surface area contributed by atoms with Gasteiger partial charge in [-0.1, -0.05) is 19.3 Å². The van der Waals surface area contributed by atoms with E-state index in [0.29, 0.717) is 31.0 Å². The second kappa shape index (κ2) is 6.10. The third-order valence-electron chi connectivity index (χ3n) is 4.20. The monoisotopic (exact) mass is 325 g/mol. The quantitative estimate of drug-likeness (QED) is 0.733. The molecule has 0 aromatic heterocycles. The van der Waals surface area contributed by atoms with E-state index in [4.69, 9.17) is 5.73 Å². The second-order valence-electron chi connectivity index (χ2n) is 5.72. The van der Waals surface area contributed by atoms with Crippen molar-refractivity contribution in [1.29, 1.82) is 0 Å². The zero-order valence-corrected chi connectivity index (χ0v) is 11.8. The Kier molecular flexibility index (Phi) is 4.75. The smallest absolute Gasteiger partial charge is 0.324 e. The number of rotatable bonds is 2. The SMILES string of the molecule is N[C@@H](c1cc(C(F)(F)F)ccc1C(F)(F)F)C1CCCCC1. The van der Waals surface area contributed by atoms with Crippen molar-refractivity contribution < 1.29 is 26.3 Å². The van der Waals surface area contributed by atoms with Crippen LogP contribution >= 0.6 is 0 Å². The summed E-state index contributed by atoms with van der Waals surface area (Å²) in [7, 11) is 0. The van der Waals surface area contributed by atoms with E-state index in [-0.39, 0.29) is 5.92 Å². The first-order chi connectivity index (χ1) is 10.1. The summed E-state index contributed by atoms with van der Waals surface area (Å²) in [5.74, 6) is -0.210. The molecule has 0 aliphatic heterocycles. The lowest BCUT2D eigenvalue weighted by Gasteiger charge is -2.30. The van der Waals surface area contributed by atoms with Gasteiger partial charge in [0.05, 0.1) is 11.1 Å². The van der Waals surface area contributed by atoms with Crippen molar-refractivity contribution in [2.45, 2.75) is 50.5 Å². The van der Waals surface area contributed by atoms with E-state index in [1.54, 1.807) is 0 Å². The average Bonchev–Trinajstić information content (AvgIpc) is 2.45. The molecule has 2 N–H and O–H groups in total. The topological polar surface area (TPSA) is 26.0 Å². The molecule has 1 fully saturated rings. The van der Waals surface area contributed by atoms with Crippen molar-refractivity contribution in [2.24, 2.45) is 11.7 Å². The first-order valence-corrected chi connectivity index (χ1v) is 7.14. The third kappa shape index (κ3) is 3.74. The normalized spacial score (nSPS) is 19.2. The molecule has 1 aliphatic rings. The summed E-state index contributed by atoms with van der Waals surface area (Å²) in [6.45, 7) is 0. The van der Waals surface area contributed by atoms with Crippen LogP contribution in [0.15, 0.2) is 18.2 Å². The Morgan fingerprint density at radius 1 is 0.909 bits per heavy atom. The standard InChI is InChI=1S/C15H17F6N/c16-14(17,18)10-6-7-12(15(19,20)21)11(8-10)13(22)9-4-2-1-3-5-9/h6-9,13H,1-5,22H2/t13-/m1/s1. The van der Waals surface area contributed by atoms with Gasteiger partial charge in [-0.05, 0) is 42.5 Å². The summed E-state index contributed by atoms with van der Waals surface area (Å²) < 4.78 is 77.5. The van der Waals surface area contributed by atoms with Crippen molar-refractivity contribution in [3.63, 3.8) is 0 Å². The fraction of sp³-hybridized carbons (Fsp3) is 0.600. The van der Waals surface area contributed by atoms with Gasteiger partial charge in [-0.3, -0.25) is 0 Å². The molecule has 124 valence electrons. The molecular formula is C15H17F6N. The summed E-state index contributed by atoms with van der Waals surface area (Å²) in [6.07, 6.45) is -5.43. The second-order valence-corrected chi connectivity index (χ2v) is 5.72. The van der Waals surface area contributed by atoms with Crippen molar-refractivity contribution >= 4 is 0 Å². The number of hydrogen-bond acceptors (Lipinski definition) is 1. The van der Waals surface area contributed by atoms with Gasteiger partial charge in [0.15, 0.2) is 0 Å². The molecule has 2 rings (SSSR count). The summed E-state index contributed by atoms with van der Waals surface area (Å²) in [5, 5.41) is 0. The van der Waals surface area contributed by atoms with Gasteiger partial charge in [-0.15, -0.1) is 0 Å². The number of nitrogens with two attached hydrogens (primary N) is 1. The molecule has 0 unspecified atom stereocenters. The summed E-state index contributed by atoms with van der Waals surface area (Å²) >= 11 is 0. The van der Waals surface area contributed by atoms with Gasteiger partial charge in [0, 0.05) is 6.04 Å². The molecule has 0 heterocycles. The third-order valence-corrected chi connectivity index (χ3v) is 4.20. The van der Waals surface area contributed by atoms with Crippen LogP contribution in [-0.4, -0.2) is 0 Å². The molecule has 0 amide bonds.